The molecule has 1 unspecified atom stereocenters. The minimum Gasteiger partial charge on any atom is -0.452 e. The number of rotatable bonds is 4. The van der Waals surface area contributed by atoms with Gasteiger partial charge in [0, 0.05) is 6.07 Å². The van der Waals surface area contributed by atoms with Crippen LogP contribution in [0.3, 0.4) is 0 Å². The van der Waals surface area contributed by atoms with Crippen molar-refractivity contribution in [1.29, 1.82) is 0 Å². The Morgan fingerprint density at radius 2 is 1.76 bits per heavy atom. The van der Waals surface area contributed by atoms with Gasteiger partial charge >= 0.3 is 5.97 Å². The van der Waals surface area contributed by atoms with Gasteiger partial charge in [0.25, 0.3) is 0 Å². The van der Waals surface area contributed by atoms with Gasteiger partial charge in [-0.15, -0.1) is 11.6 Å². The molecule has 0 saturated heterocycles. The molecule has 4 nitrogen and oxygen atoms in total. The fourth-order valence-electron chi connectivity index (χ4n) is 3.05. The molecule has 1 heterocycles. The summed E-state index contributed by atoms with van der Waals surface area (Å²) in [7, 11) is 0. The molecule has 0 radical (unpaired) electrons. The zero-order valence-electron chi connectivity index (χ0n) is 15.6. The van der Waals surface area contributed by atoms with E-state index in [1.54, 1.807) is 42.5 Å². The monoisotopic (exact) mass is 404 g/mol. The second-order valence-corrected chi connectivity index (χ2v) is 7.09. The highest BCUT2D eigenvalue weighted by Crippen LogP contribution is 2.35. The Balaban J connectivity index is 1.53. The molecule has 144 valence electrons. The molecule has 0 saturated carbocycles. The average Bonchev–Trinajstić information content (AvgIpc) is 3.04. The van der Waals surface area contributed by atoms with Crippen LogP contribution in [0.2, 0.25) is 0 Å². The second kappa shape index (κ2) is 7.94. The van der Waals surface area contributed by atoms with Crippen molar-refractivity contribution in [2.24, 2.45) is 0 Å². The Morgan fingerprint density at radius 1 is 1.03 bits per heavy atom. The zero-order valence-corrected chi connectivity index (χ0v) is 16.3. The molecule has 29 heavy (non-hydrogen) atoms. The summed E-state index contributed by atoms with van der Waals surface area (Å²) < 4.78 is 11.1. The molecule has 0 aromatic heterocycles. The number of esters is 1. The maximum absolute atomic E-state index is 12.6. The van der Waals surface area contributed by atoms with Gasteiger partial charge in [-0.25, -0.2) is 4.79 Å². The van der Waals surface area contributed by atoms with Crippen LogP contribution in [0, 0.1) is 6.92 Å². The van der Waals surface area contributed by atoms with E-state index >= 15 is 0 Å². The van der Waals surface area contributed by atoms with E-state index < -0.39 is 11.3 Å². The van der Waals surface area contributed by atoms with Crippen molar-refractivity contribution in [3.63, 3.8) is 0 Å². The maximum Gasteiger partial charge on any atom is 0.334 e. The van der Waals surface area contributed by atoms with E-state index in [0.717, 1.165) is 11.1 Å². The number of hydrogen-bond acceptors (Lipinski definition) is 4. The number of halogens is 1. The van der Waals surface area contributed by atoms with Crippen LogP contribution in [-0.2, 0) is 4.79 Å². The normalized spacial score (nSPS) is 15.0. The third-order valence-electron chi connectivity index (χ3n) is 4.63. The Hall–Kier alpha value is -3.37. The molecule has 5 heteroatoms. The number of allylic oxidation sites excluding steroid dienone is 1. The second-order valence-electron chi connectivity index (χ2n) is 6.65. The fraction of sp³-hybridized carbons (Fsp3) is 0.0833. The Labute approximate surface area is 173 Å². The molecule has 0 amide bonds. The first-order valence-electron chi connectivity index (χ1n) is 9.07. The predicted molar refractivity (Wildman–Crippen MR) is 111 cm³/mol. The number of fused-ring (bicyclic) bond motifs is 1. The first kappa shape index (κ1) is 19.0. The van der Waals surface area contributed by atoms with Crippen molar-refractivity contribution in [3.05, 3.63) is 101 Å². The Morgan fingerprint density at radius 3 is 2.52 bits per heavy atom. The highest BCUT2D eigenvalue weighted by Gasteiger charge is 2.28. The molecule has 0 aliphatic carbocycles. The smallest absolute Gasteiger partial charge is 0.334 e. The van der Waals surface area contributed by atoms with Gasteiger partial charge in [-0.05, 0) is 41.8 Å². The summed E-state index contributed by atoms with van der Waals surface area (Å²) >= 11 is 6.21. The number of Topliss-reactive ketones (excluding diaryl/α,β-unsaturated/α-hetero) is 1. The standard InChI is InChI=1S/C24H17ClO4/c1-15-7-5-6-10-17(15)13-21-23(26)19-12-11-18(14-20(19)29-21)28-24(27)22(25)16-8-3-2-4-9-16/h2-14,22H,1H3/b21-13-. The van der Waals surface area contributed by atoms with Gasteiger partial charge in [-0.1, -0.05) is 54.6 Å². The summed E-state index contributed by atoms with van der Waals surface area (Å²) in [5, 5.41) is -0.927. The third kappa shape index (κ3) is 3.93. The average molecular weight is 405 g/mol. The van der Waals surface area contributed by atoms with Crippen molar-refractivity contribution in [1.82, 2.24) is 0 Å². The van der Waals surface area contributed by atoms with Crippen LogP contribution in [0.25, 0.3) is 6.08 Å². The molecule has 0 bridgehead atoms. The number of benzene rings is 3. The van der Waals surface area contributed by atoms with Crippen LogP contribution < -0.4 is 9.47 Å². The SMILES string of the molecule is Cc1ccccc1/C=C1\Oc2cc(OC(=O)C(Cl)c3ccccc3)ccc2C1=O. The summed E-state index contributed by atoms with van der Waals surface area (Å²) in [6, 6.07) is 21.3. The van der Waals surface area contributed by atoms with Gasteiger partial charge in [-0.3, -0.25) is 4.79 Å². The van der Waals surface area contributed by atoms with Crippen LogP contribution in [0.4, 0.5) is 0 Å². The van der Waals surface area contributed by atoms with Crippen molar-refractivity contribution in [2.75, 3.05) is 0 Å². The lowest BCUT2D eigenvalue weighted by molar-refractivity contribution is -0.134. The number of hydrogen-bond donors (Lipinski definition) is 0. The summed E-state index contributed by atoms with van der Waals surface area (Å²) in [5.41, 5.74) is 3.02. The molecule has 0 N–H and O–H groups in total. The lowest BCUT2D eigenvalue weighted by Gasteiger charge is -2.10. The Bertz CT molecular complexity index is 1120. The molecule has 3 aromatic carbocycles. The van der Waals surface area contributed by atoms with Gasteiger partial charge in [0.15, 0.2) is 11.1 Å². The highest BCUT2D eigenvalue weighted by atomic mass is 35.5. The lowest BCUT2D eigenvalue weighted by atomic mass is 10.1. The fourth-order valence-corrected chi connectivity index (χ4v) is 3.24. The molecule has 1 aliphatic rings. The quantitative estimate of drug-likeness (QED) is 0.249. The highest BCUT2D eigenvalue weighted by molar-refractivity contribution is 6.30. The van der Waals surface area contributed by atoms with E-state index in [-0.39, 0.29) is 17.3 Å². The molecule has 1 atom stereocenters. The molecular weight excluding hydrogens is 388 g/mol. The van der Waals surface area contributed by atoms with E-state index in [1.165, 1.54) is 6.07 Å². The van der Waals surface area contributed by atoms with Crippen molar-refractivity contribution in [3.8, 4) is 11.5 Å². The zero-order chi connectivity index (χ0) is 20.4. The van der Waals surface area contributed by atoms with Crippen molar-refractivity contribution < 1.29 is 19.1 Å². The van der Waals surface area contributed by atoms with Gasteiger partial charge in [0.05, 0.1) is 5.56 Å². The van der Waals surface area contributed by atoms with Gasteiger partial charge in [0.1, 0.15) is 11.5 Å². The van der Waals surface area contributed by atoms with Gasteiger partial charge in [-0.2, -0.15) is 0 Å². The third-order valence-corrected chi connectivity index (χ3v) is 5.06. The van der Waals surface area contributed by atoms with Gasteiger partial charge in [0.2, 0.25) is 5.78 Å². The molecule has 0 fully saturated rings. The van der Waals surface area contributed by atoms with Crippen LogP contribution >= 0.6 is 11.6 Å². The topological polar surface area (TPSA) is 52.6 Å². The van der Waals surface area contributed by atoms with Crippen molar-refractivity contribution in [2.45, 2.75) is 12.3 Å². The number of alkyl halides is 1. The first-order valence-corrected chi connectivity index (χ1v) is 9.51. The molecule has 3 aromatic rings. The summed E-state index contributed by atoms with van der Waals surface area (Å²) in [5.74, 6) is 0.0435. The van der Waals surface area contributed by atoms with Crippen LogP contribution in [0.5, 0.6) is 11.5 Å². The minimum atomic E-state index is -0.927. The van der Waals surface area contributed by atoms with E-state index in [0.29, 0.717) is 16.9 Å². The minimum absolute atomic E-state index is 0.208. The van der Waals surface area contributed by atoms with Gasteiger partial charge < -0.3 is 9.47 Å². The molecular formula is C24H17ClO4. The summed E-state index contributed by atoms with van der Waals surface area (Å²) in [6.07, 6.45) is 1.72. The number of ketones is 1. The van der Waals surface area contributed by atoms with Crippen molar-refractivity contribution >= 4 is 29.4 Å². The van der Waals surface area contributed by atoms with E-state index in [9.17, 15) is 9.59 Å². The van der Waals surface area contributed by atoms with E-state index in [2.05, 4.69) is 0 Å². The summed E-state index contributed by atoms with van der Waals surface area (Å²) in [4.78, 5) is 25.0. The lowest BCUT2D eigenvalue weighted by Crippen LogP contribution is -2.14. The number of aryl methyl sites for hydroxylation is 1. The maximum atomic E-state index is 12.6. The first-order chi connectivity index (χ1) is 14.0. The largest absolute Gasteiger partial charge is 0.452 e. The molecule has 4 rings (SSSR count). The number of carbonyl (C=O) groups is 2. The number of ether oxygens (including phenoxy) is 2. The van der Waals surface area contributed by atoms with Crippen LogP contribution in [0.15, 0.2) is 78.6 Å². The van der Waals surface area contributed by atoms with Crippen LogP contribution in [0.1, 0.15) is 32.4 Å². The van der Waals surface area contributed by atoms with E-state index in [4.69, 9.17) is 21.1 Å². The predicted octanol–water partition coefficient (Wildman–Crippen LogP) is 5.50. The Kier molecular flexibility index (Phi) is 5.19. The van der Waals surface area contributed by atoms with Crippen LogP contribution in [-0.4, -0.2) is 11.8 Å². The molecule has 0 spiro atoms. The summed E-state index contributed by atoms with van der Waals surface area (Å²) in [6.45, 7) is 1.96. The number of carbonyl (C=O) groups excluding carboxylic acids is 2. The molecule has 1 aliphatic heterocycles. The van der Waals surface area contributed by atoms with E-state index in [1.807, 2.05) is 37.3 Å².